The van der Waals surface area contributed by atoms with Crippen LogP contribution in [0.5, 0.6) is 5.75 Å². The maximum Gasteiger partial charge on any atom is 0.234 e. The van der Waals surface area contributed by atoms with Gasteiger partial charge in [-0.2, -0.15) is 5.26 Å². The van der Waals surface area contributed by atoms with Gasteiger partial charge in [-0.05, 0) is 6.07 Å². The molecule has 0 aliphatic heterocycles. The topological polar surface area (TPSA) is 85.2 Å². The summed E-state index contributed by atoms with van der Waals surface area (Å²) in [5.41, 5.74) is 0.748. The Labute approximate surface area is 100 Å². The summed E-state index contributed by atoms with van der Waals surface area (Å²) in [5.74, 6) is 0.0561. The molecule has 1 rings (SSSR count). The largest absolute Gasteiger partial charge is 0.508 e. The van der Waals surface area contributed by atoms with Gasteiger partial charge < -0.3 is 15.7 Å². The van der Waals surface area contributed by atoms with E-state index in [1.54, 1.807) is 18.2 Å². The van der Waals surface area contributed by atoms with Crippen LogP contribution in [0.1, 0.15) is 12.0 Å². The zero-order chi connectivity index (χ0) is 12.5. The predicted octanol–water partition coefficient (Wildman–Crippen LogP) is 0.512. The number of hydrogen-bond donors (Lipinski definition) is 3. The maximum absolute atomic E-state index is 11.2. The fourth-order valence-electron chi connectivity index (χ4n) is 1.29. The fraction of sp³-hybridized carbons (Fsp3) is 0.333. The molecule has 0 bridgehead atoms. The molecule has 5 nitrogen and oxygen atoms in total. The summed E-state index contributed by atoms with van der Waals surface area (Å²) >= 11 is 0. The van der Waals surface area contributed by atoms with Crippen LogP contribution < -0.4 is 10.6 Å². The van der Waals surface area contributed by atoms with Crippen LogP contribution in [0, 0.1) is 11.3 Å². The van der Waals surface area contributed by atoms with Crippen LogP contribution >= 0.6 is 0 Å². The molecule has 1 aromatic carbocycles. The number of benzene rings is 1. The normalized spacial score (nSPS) is 9.59. The molecule has 0 atom stereocenters. The monoisotopic (exact) mass is 233 g/mol. The van der Waals surface area contributed by atoms with Gasteiger partial charge in [0.1, 0.15) is 5.75 Å². The molecular weight excluding hydrogens is 218 g/mol. The second-order valence-electron chi connectivity index (χ2n) is 3.49. The van der Waals surface area contributed by atoms with Gasteiger partial charge in [0.25, 0.3) is 0 Å². The number of nitrogens with zero attached hydrogens (tertiary/aromatic N) is 1. The van der Waals surface area contributed by atoms with Crippen LogP contribution in [0.2, 0.25) is 0 Å². The van der Waals surface area contributed by atoms with Crippen molar-refractivity contribution >= 4 is 5.91 Å². The van der Waals surface area contributed by atoms with Crippen molar-refractivity contribution in [3.63, 3.8) is 0 Å². The Morgan fingerprint density at radius 3 is 2.88 bits per heavy atom. The molecule has 1 amide bonds. The van der Waals surface area contributed by atoms with Crippen LogP contribution in [-0.2, 0) is 11.3 Å². The van der Waals surface area contributed by atoms with E-state index in [0.717, 1.165) is 5.56 Å². The number of aromatic hydroxyl groups is 1. The van der Waals surface area contributed by atoms with Crippen molar-refractivity contribution in [2.24, 2.45) is 0 Å². The lowest BCUT2D eigenvalue weighted by Crippen LogP contribution is -2.34. The molecule has 0 aliphatic carbocycles. The first kappa shape index (κ1) is 13.0. The van der Waals surface area contributed by atoms with Crippen LogP contribution in [0.25, 0.3) is 0 Å². The molecule has 5 heteroatoms. The molecule has 17 heavy (non-hydrogen) atoms. The molecule has 0 saturated carbocycles. The summed E-state index contributed by atoms with van der Waals surface area (Å²) < 4.78 is 0. The average Bonchev–Trinajstić information content (AvgIpc) is 2.32. The van der Waals surface area contributed by atoms with E-state index >= 15 is 0 Å². The van der Waals surface area contributed by atoms with Crippen LogP contribution in [0.3, 0.4) is 0 Å². The van der Waals surface area contributed by atoms with Gasteiger partial charge in [0, 0.05) is 18.7 Å². The van der Waals surface area contributed by atoms with Crippen molar-refractivity contribution in [1.29, 1.82) is 5.26 Å². The van der Waals surface area contributed by atoms with E-state index in [1.165, 1.54) is 0 Å². The second kappa shape index (κ2) is 7.25. The smallest absolute Gasteiger partial charge is 0.234 e. The van der Waals surface area contributed by atoms with Crippen LogP contribution in [-0.4, -0.2) is 24.1 Å². The first-order valence-electron chi connectivity index (χ1n) is 5.35. The van der Waals surface area contributed by atoms with E-state index in [1.807, 2.05) is 12.1 Å². The van der Waals surface area contributed by atoms with E-state index in [-0.39, 0.29) is 18.2 Å². The van der Waals surface area contributed by atoms with Crippen molar-refractivity contribution < 1.29 is 9.90 Å². The zero-order valence-electron chi connectivity index (χ0n) is 9.44. The highest BCUT2D eigenvalue weighted by Gasteiger charge is 2.02. The van der Waals surface area contributed by atoms with E-state index in [2.05, 4.69) is 10.6 Å². The van der Waals surface area contributed by atoms with E-state index in [4.69, 9.17) is 5.26 Å². The van der Waals surface area contributed by atoms with Gasteiger partial charge in [0.2, 0.25) is 5.91 Å². The van der Waals surface area contributed by atoms with Gasteiger partial charge in [-0.1, -0.05) is 18.2 Å². The number of phenols is 1. The first-order chi connectivity index (χ1) is 8.24. The average molecular weight is 233 g/mol. The van der Waals surface area contributed by atoms with Gasteiger partial charge in [-0.15, -0.1) is 0 Å². The predicted molar refractivity (Wildman–Crippen MR) is 63.1 cm³/mol. The SMILES string of the molecule is N#CCCNC(=O)CNCc1ccccc1O. The quantitative estimate of drug-likeness (QED) is 0.625. The minimum absolute atomic E-state index is 0.157. The van der Waals surface area contributed by atoms with E-state index in [9.17, 15) is 9.90 Å². The molecule has 1 aromatic rings. The summed E-state index contributed by atoms with van der Waals surface area (Å²) in [4.78, 5) is 11.2. The Hall–Kier alpha value is -2.06. The number of phenolic OH excluding ortho intramolecular Hbond substituents is 1. The zero-order valence-corrected chi connectivity index (χ0v) is 9.44. The summed E-state index contributed by atoms with van der Waals surface area (Å²) in [7, 11) is 0. The molecule has 0 heterocycles. The van der Waals surface area contributed by atoms with Crippen molar-refractivity contribution in [1.82, 2.24) is 10.6 Å². The minimum Gasteiger partial charge on any atom is -0.508 e. The molecule has 0 unspecified atom stereocenters. The van der Waals surface area contributed by atoms with E-state index in [0.29, 0.717) is 19.5 Å². The number of carbonyl (C=O) groups is 1. The van der Waals surface area contributed by atoms with Crippen LogP contribution in [0.4, 0.5) is 0 Å². The lowest BCUT2D eigenvalue weighted by Gasteiger charge is -2.06. The summed E-state index contributed by atoms with van der Waals surface area (Å²) in [6, 6.07) is 8.90. The first-order valence-corrected chi connectivity index (χ1v) is 5.35. The summed E-state index contributed by atoms with van der Waals surface area (Å²) in [6.45, 7) is 0.964. The van der Waals surface area contributed by atoms with Crippen LogP contribution in [0.15, 0.2) is 24.3 Å². The number of hydrogen-bond acceptors (Lipinski definition) is 4. The Kier molecular flexibility index (Phi) is 5.55. The molecular formula is C12H15N3O2. The summed E-state index contributed by atoms with van der Waals surface area (Å²) in [5, 5.41) is 23.3. The lowest BCUT2D eigenvalue weighted by atomic mass is 10.2. The second-order valence-corrected chi connectivity index (χ2v) is 3.49. The Bertz CT molecular complexity index is 412. The Balaban J connectivity index is 2.22. The highest BCUT2D eigenvalue weighted by Crippen LogP contribution is 2.14. The highest BCUT2D eigenvalue weighted by molar-refractivity contribution is 5.77. The molecule has 0 aromatic heterocycles. The van der Waals surface area contributed by atoms with E-state index < -0.39 is 0 Å². The van der Waals surface area contributed by atoms with Gasteiger partial charge in [-0.25, -0.2) is 0 Å². The molecule has 0 radical (unpaired) electrons. The van der Waals surface area contributed by atoms with Gasteiger partial charge >= 0.3 is 0 Å². The molecule has 3 N–H and O–H groups in total. The number of carbonyl (C=O) groups excluding carboxylic acids is 1. The molecule has 0 spiro atoms. The number of rotatable bonds is 6. The molecule has 0 aliphatic rings. The third kappa shape index (κ3) is 5.00. The highest BCUT2D eigenvalue weighted by atomic mass is 16.3. The van der Waals surface area contributed by atoms with Crippen molar-refractivity contribution in [3.8, 4) is 11.8 Å². The third-order valence-electron chi connectivity index (χ3n) is 2.15. The number of para-hydroxylation sites is 1. The van der Waals surface area contributed by atoms with Crippen molar-refractivity contribution in [2.45, 2.75) is 13.0 Å². The molecule has 0 fully saturated rings. The number of amides is 1. The lowest BCUT2D eigenvalue weighted by molar-refractivity contribution is -0.120. The van der Waals surface area contributed by atoms with Gasteiger partial charge in [0.05, 0.1) is 19.0 Å². The standard InChI is InChI=1S/C12H15N3O2/c13-6-3-7-15-12(17)9-14-8-10-4-1-2-5-11(10)16/h1-2,4-5,14,16H,3,7-9H2,(H,15,17). The van der Waals surface area contributed by atoms with Crippen molar-refractivity contribution in [3.05, 3.63) is 29.8 Å². The van der Waals surface area contributed by atoms with Crippen molar-refractivity contribution in [2.75, 3.05) is 13.1 Å². The fourth-order valence-corrected chi connectivity index (χ4v) is 1.29. The Morgan fingerprint density at radius 1 is 1.41 bits per heavy atom. The minimum atomic E-state index is -0.157. The Morgan fingerprint density at radius 2 is 2.18 bits per heavy atom. The molecule has 90 valence electrons. The van der Waals surface area contributed by atoms with Gasteiger partial charge in [-0.3, -0.25) is 4.79 Å². The third-order valence-corrected chi connectivity index (χ3v) is 2.15. The maximum atomic E-state index is 11.2. The summed E-state index contributed by atoms with van der Waals surface area (Å²) in [6.07, 6.45) is 0.311. The molecule has 0 saturated heterocycles. The number of nitrogens with one attached hydrogen (secondary N) is 2. The number of nitriles is 1. The van der Waals surface area contributed by atoms with Gasteiger partial charge in [0.15, 0.2) is 0 Å².